The molecular weight excluding hydrogens is 245 g/mol. The molecule has 0 saturated carbocycles. The van der Waals surface area contributed by atoms with Crippen LogP contribution in [0.3, 0.4) is 0 Å². The Bertz CT molecular complexity index is 464. The first kappa shape index (κ1) is 13.8. The molecule has 5 heteroatoms. The van der Waals surface area contributed by atoms with E-state index < -0.39 is 0 Å². The van der Waals surface area contributed by atoms with Crippen LogP contribution in [-0.2, 0) is 11.3 Å². The van der Waals surface area contributed by atoms with E-state index in [1.165, 1.54) is 6.07 Å². The van der Waals surface area contributed by atoms with Crippen molar-refractivity contribution in [2.45, 2.75) is 25.4 Å². The van der Waals surface area contributed by atoms with Gasteiger partial charge in [0.2, 0.25) is 5.91 Å². The molecule has 2 rings (SSSR count). The van der Waals surface area contributed by atoms with Gasteiger partial charge in [0.15, 0.2) is 0 Å². The average molecular weight is 265 g/mol. The first-order chi connectivity index (χ1) is 9.19. The summed E-state index contributed by atoms with van der Waals surface area (Å²) in [6.07, 6.45) is 1.68. The van der Waals surface area contributed by atoms with Crippen molar-refractivity contribution in [1.82, 2.24) is 10.6 Å². The Morgan fingerprint density at radius 1 is 1.47 bits per heavy atom. The van der Waals surface area contributed by atoms with Gasteiger partial charge in [-0.25, -0.2) is 4.39 Å². The summed E-state index contributed by atoms with van der Waals surface area (Å²) in [6.45, 7) is 1.31. The first-order valence-corrected chi connectivity index (χ1v) is 6.59. The van der Waals surface area contributed by atoms with Gasteiger partial charge in [-0.3, -0.25) is 4.79 Å². The second kappa shape index (κ2) is 6.02. The maximum atomic E-state index is 14.2. The van der Waals surface area contributed by atoms with Crippen LogP contribution in [0.2, 0.25) is 0 Å². The smallest absolute Gasteiger partial charge is 0.242 e. The van der Waals surface area contributed by atoms with E-state index in [0.717, 1.165) is 24.9 Å². The van der Waals surface area contributed by atoms with Crippen LogP contribution in [0.1, 0.15) is 18.4 Å². The van der Waals surface area contributed by atoms with Gasteiger partial charge < -0.3 is 15.5 Å². The summed E-state index contributed by atoms with van der Waals surface area (Å²) in [4.78, 5) is 13.8. The van der Waals surface area contributed by atoms with Crippen molar-refractivity contribution < 1.29 is 9.18 Å². The number of nitrogens with one attached hydrogen (secondary N) is 2. The van der Waals surface area contributed by atoms with Crippen LogP contribution in [0.25, 0.3) is 0 Å². The minimum Gasteiger partial charge on any atom is -0.357 e. The van der Waals surface area contributed by atoms with Crippen molar-refractivity contribution in [3.05, 3.63) is 29.6 Å². The molecule has 1 aliphatic rings. The minimum atomic E-state index is -0.266. The van der Waals surface area contributed by atoms with Crippen LogP contribution in [0, 0.1) is 5.82 Å². The van der Waals surface area contributed by atoms with Crippen molar-refractivity contribution in [1.29, 1.82) is 0 Å². The summed E-state index contributed by atoms with van der Waals surface area (Å²) in [5.41, 5.74) is 1.45. The molecule has 1 aliphatic heterocycles. The molecule has 4 nitrogen and oxygen atoms in total. The number of rotatable bonds is 4. The van der Waals surface area contributed by atoms with E-state index in [4.69, 9.17) is 0 Å². The first-order valence-electron chi connectivity index (χ1n) is 6.59. The normalized spacial score (nSPS) is 18.7. The predicted molar refractivity (Wildman–Crippen MR) is 73.6 cm³/mol. The predicted octanol–water partition coefficient (Wildman–Crippen LogP) is 1.26. The molecule has 104 valence electrons. The van der Waals surface area contributed by atoms with E-state index >= 15 is 0 Å². The number of hydrogen-bond donors (Lipinski definition) is 2. The number of amides is 1. The molecule has 1 aromatic rings. The van der Waals surface area contributed by atoms with E-state index in [9.17, 15) is 9.18 Å². The molecular formula is C14H20FN3O. The van der Waals surface area contributed by atoms with E-state index in [1.807, 2.05) is 18.0 Å². The van der Waals surface area contributed by atoms with Gasteiger partial charge in [0, 0.05) is 20.1 Å². The molecule has 2 N–H and O–H groups in total. The zero-order valence-corrected chi connectivity index (χ0v) is 11.4. The molecule has 0 aromatic heterocycles. The van der Waals surface area contributed by atoms with Gasteiger partial charge in [-0.2, -0.15) is 0 Å². The number of likely N-dealkylation sites (N-methyl/N-ethyl adjacent to an activating group) is 1. The second-order valence-electron chi connectivity index (χ2n) is 4.74. The number of carbonyl (C=O) groups is 1. The van der Waals surface area contributed by atoms with Gasteiger partial charge in [0.1, 0.15) is 11.9 Å². The van der Waals surface area contributed by atoms with Gasteiger partial charge in [-0.1, -0.05) is 12.1 Å². The number of nitrogens with zero attached hydrogens (tertiary/aromatic N) is 1. The highest BCUT2D eigenvalue weighted by Gasteiger charge is 2.32. The number of hydrogen-bond acceptors (Lipinski definition) is 3. The molecule has 1 unspecified atom stereocenters. The Balaban J connectivity index is 2.37. The Labute approximate surface area is 113 Å². The number of carbonyl (C=O) groups excluding carboxylic acids is 1. The summed E-state index contributed by atoms with van der Waals surface area (Å²) in [7, 11) is 3.45. The standard InChI is InChI=1S/C14H20FN3O/c1-16-9-10-5-3-6-11(15)13(10)18-8-4-7-12(18)14(19)17-2/h3,5-6,12,16H,4,7-9H2,1-2H3,(H,17,19). The number of para-hydroxylation sites is 1. The number of halogens is 1. The zero-order chi connectivity index (χ0) is 13.8. The lowest BCUT2D eigenvalue weighted by molar-refractivity contribution is -0.121. The fourth-order valence-corrected chi connectivity index (χ4v) is 2.69. The lowest BCUT2D eigenvalue weighted by Gasteiger charge is -2.28. The van der Waals surface area contributed by atoms with Crippen molar-refractivity contribution in [2.75, 3.05) is 25.5 Å². The molecule has 19 heavy (non-hydrogen) atoms. The Kier molecular flexibility index (Phi) is 4.37. The number of anilines is 1. The van der Waals surface area contributed by atoms with Crippen LogP contribution in [0.5, 0.6) is 0 Å². The third-order valence-corrected chi connectivity index (χ3v) is 3.53. The highest BCUT2D eigenvalue weighted by Crippen LogP contribution is 2.31. The van der Waals surface area contributed by atoms with E-state index in [2.05, 4.69) is 10.6 Å². The van der Waals surface area contributed by atoms with Gasteiger partial charge in [-0.15, -0.1) is 0 Å². The Morgan fingerprint density at radius 3 is 2.95 bits per heavy atom. The summed E-state index contributed by atoms with van der Waals surface area (Å²) in [5.74, 6) is -0.306. The Morgan fingerprint density at radius 2 is 2.26 bits per heavy atom. The van der Waals surface area contributed by atoms with Gasteiger partial charge in [0.25, 0.3) is 0 Å². The summed E-state index contributed by atoms with van der Waals surface area (Å²) >= 11 is 0. The summed E-state index contributed by atoms with van der Waals surface area (Å²) in [6, 6.07) is 4.79. The van der Waals surface area contributed by atoms with E-state index in [1.54, 1.807) is 13.1 Å². The fraction of sp³-hybridized carbons (Fsp3) is 0.500. The topological polar surface area (TPSA) is 44.4 Å². The lowest BCUT2D eigenvalue weighted by atomic mass is 10.1. The highest BCUT2D eigenvalue weighted by molar-refractivity contribution is 5.86. The van der Waals surface area contributed by atoms with Crippen LogP contribution >= 0.6 is 0 Å². The molecule has 0 aliphatic carbocycles. The fourth-order valence-electron chi connectivity index (χ4n) is 2.69. The number of benzene rings is 1. The molecule has 1 saturated heterocycles. The molecule has 0 radical (unpaired) electrons. The maximum absolute atomic E-state index is 14.2. The van der Waals surface area contributed by atoms with Crippen LogP contribution in [-0.4, -0.2) is 32.6 Å². The van der Waals surface area contributed by atoms with Crippen molar-refractivity contribution >= 4 is 11.6 Å². The quantitative estimate of drug-likeness (QED) is 0.861. The van der Waals surface area contributed by atoms with Gasteiger partial charge >= 0.3 is 0 Å². The zero-order valence-electron chi connectivity index (χ0n) is 11.4. The summed E-state index contributed by atoms with van der Waals surface area (Å²) < 4.78 is 14.2. The van der Waals surface area contributed by atoms with Crippen LogP contribution < -0.4 is 15.5 Å². The van der Waals surface area contributed by atoms with Gasteiger partial charge in [-0.05, 0) is 31.5 Å². The van der Waals surface area contributed by atoms with Crippen molar-refractivity contribution in [3.63, 3.8) is 0 Å². The van der Waals surface area contributed by atoms with Crippen LogP contribution in [0.4, 0.5) is 10.1 Å². The third kappa shape index (κ3) is 2.71. The molecule has 1 heterocycles. The van der Waals surface area contributed by atoms with Crippen molar-refractivity contribution in [2.24, 2.45) is 0 Å². The SMILES string of the molecule is CNCc1cccc(F)c1N1CCCC1C(=O)NC. The second-order valence-corrected chi connectivity index (χ2v) is 4.74. The van der Waals surface area contributed by atoms with E-state index in [0.29, 0.717) is 12.2 Å². The highest BCUT2D eigenvalue weighted by atomic mass is 19.1. The molecule has 1 amide bonds. The van der Waals surface area contributed by atoms with E-state index in [-0.39, 0.29) is 17.8 Å². The average Bonchev–Trinajstić information content (AvgIpc) is 2.87. The molecule has 1 atom stereocenters. The molecule has 1 fully saturated rings. The van der Waals surface area contributed by atoms with Gasteiger partial charge in [0.05, 0.1) is 5.69 Å². The van der Waals surface area contributed by atoms with Crippen molar-refractivity contribution in [3.8, 4) is 0 Å². The maximum Gasteiger partial charge on any atom is 0.242 e. The Hall–Kier alpha value is -1.62. The molecule has 0 spiro atoms. The third-order valence-electron chi connectivity index (χ3n) is 3.53. The minimum absolute atomic E-state index is 0.0452. The van der Waals surface area contributed by atoms with Crippen LogP contribution in [0.15, 0.2) is 18.2 Å². The molecule has 1 aromatic carbocycles. The molecule has 0 bridgehead atoms. The summed E-state index contributed by atoms with van der Waals surface area (Å²) in [5, 5.41) is 5.70. The largest absolute Gasteiger partial charge is 0.357 e. The lowest BCUT2D eigenvalue weighted by Crippen LogP contribution is -2.42. The monoisotopic (exact) mass is 265 g/mol.